The molecule has 0 bridgehead atoms. The van der Waals surface area contributed by atoms with Gasteiger partial charge in [-0.2, -0.15) is 0 Å². The molecule has 0 spiro atoms. The van der Waals surface area contributed by atoms with Crippen molar-refractivity contribution in [2.45, 2.75) is 45.4 Å². The third-order valence-corrected chi connectivity index (χ3v) is 1.98. The molecule has 3 N–H and O–H groups in total. The predicted octanol–water partition coefficient (Wildman–Crippen LogP) is 0.668. The number of nitrogens with one attached hydrogen (secondary N) is 1. The highest BCUT2D eigenvalue weighted by atomic mass is 16.5. The minimum absolute atomic E-state index is 0.0670. The summed E-state index contributed by atoms with van der Waals surface area (Å²) in [5, 5.41) is 0. The summed E-state index contributed by atoms with van der Waals surface area (Å²) in [6.45, 7) is 6.65. The van der Waals surface area contributed by atoms with E-state index in [2.05, 4.69) is 12.3 Å². The van der Waals surface area contributed by atoms with Crippen LogP contribution >= 0.6 is 0 Å². The molecule has 0 aliphatic carbocycles. The largest absolute Gasteiger partial charge is 0.380 e. The van der Waals surface area contributed by atoms with Gasteiger partial charge in [-0.25, -0.2) is 0 Å². The lowest BCUT2D eigenvalue weighted by Gasteiger charge is -2.24. The molecule has 4 nitrogen and oxygen atoms in total. The molecular weight excluding hydrogens is 168 g/mol. The zero-order valence-electron chi connectivity index (χ0n) is 9.04. The molecule has 0 aromatic carbocycles. The molecule has 0 saturated heterocycles. The Kier molecular flexibility index (Phi) is 7.17. The Morgan fingerprint density at radius 1 is 1.38 bits per heavy atom. The molecule has 4 heteroatoms. The molecule has 2 atom stereocenters. The van der Waals surface area contributed by atoms with E-state index >= 15 is 0 Å². The van der Waals surface area contributed by atoms with Crippen molar-refractivity contribution in [2.24, 2.45) is 5.84 Å². The van der Waals surface area contributed by atoms with Crippen LogP contribution in [0, 0.1) is 0 Å². The molecule has 0 radical (unpaired) electrons. The number of hydrazine groups is 1. The summed E-state index contributed by atoms with van der Waals surface area (Å²) in [5.74, 6) is 5.40. The number of nitrogens with two attached hydrogens (primary N) is 1. The first-order valence-corrected chi connectivity index (χ1v) is 4.76. The van der Waals surface area contributed by atoms with E-state index in [0.717, 1.165) is 6.42 Å². The van der Waals surface area contributed by atoms with Crippen molar-refractivity contribution >= 4 is 0 Å². The summed E-state index contributed by atoms with van der Waals surface area (Å²) in [7, 11) is 1.69. The van der Waals surface area contributed by atoms with Gasteiger partial charge in [-0.15, -0.1) is 0 Å². The third kappa shape index (κ3) is 5.21. The topological polar surface area (TPSA) is 56.5 Å². The van der Waals surface area contributed by atoms with E-state index < -0.39 is 0 Å². The van der Waals surface area contributed by atoms with Gasteiger partial charge in [0.05, 0.1) is 24.9 Å². The van der Waals surface area contributed by atoms with Gasteiger partial charge in [-0.1, -0.05) is 6.92 Å². The van der Waals surface area contributed by atoms with Crippen molar-refractivity contribution in [3.8, 4) is 0 Å². The van der Waals surface area contributed by atoms with E-state index in [1.807, 2.05) is 13.8 Å². The average Bonchev–Trinajstić information content (AvgIpc) is 2.11. The number of ether oxygens (including phenoxy) is 2. The predicted molar refractivity (Wildman–Crippen MR) is 53.3 cm³/mol. The van der Waals surface area contributed by atoms with Crippen LogP contribution in [0.4, 0.5) is 0 Å². The van der Waals surface area contributed by atoms with Gasteiger partial charge in [0.15, 0.2) is 0 Å². The highest BCUT2D eigenvalue weighted by molar-refractivity contribution is 4.73. The summed E-state index contributed by atoms with van der Waals surface area (Å²) in [6, 6.07) is 0.0670. The first-order valence-electron chi connectivity index (χ1n) is 4.76. The zero-order chi connectivity index (χ0) is 10.3. The summed E-state index contributed by atoms with van der Waals surface area (Å²) in [6.07, 6.45) is 1.27. The molecule has 0 amide bonds. The maximum atomic E-state index is 5.46. The van der Waals surface area contributed by atoms with Crippen LogP contribution in [0.2, 0.25) is 0 Å². The highest BCUT2D eigenvalue weighted by Gasteiger charge is 2.18. The van der Waals surface area contributed by atoms with Crippen LogP contribution in [0.5, 0.6) is 0 Å². The normalized spacial score (nSPS) is 16.2. The van der Waals surface area contributed by atoms with Crippen molar-refractivity contribution in [1.29, 1.82) is 0 Å². The summed E-state index contributed by atoms with van der Waals surface area (Å²) in [5.41, 5.74) is 2.71. The molecule has 80 valence electrons. The van der Waals surface area contributed by atoms with Gasteiger partial charge in [0.2, 0.25) is 0 Å². The van der Waals surface area contributed by atoms with E-state index in [-0.39, 0.29) is 18.2 Å². The maximum absolute atomic E-state index is 5.46. The summed E-state index contributed by atoms with van der Waals surface area (Å²) >= 11 is 0. The highest BCUT2D eigenvalue weighted by Crippen LogP contribution is 2.04. The molecular formula is C9H22N2O2. The minimum atomic E-state index is 0.0670. The fourth-order valence-electron chi connectivity index (χ4n) is 1.17. The molecule has 0 aliphatic heterocycles. The molecule has 0 aromatic heterocycles. The van der Waals surface area contributed by atoms with Gasteiger partial charge in [-0.3, -0.25) is 11.3 Å². The molecule has 0 aromatic rings. The molecule has 0 fully saturated rings. The van der Waals surface area contributed by atoms with Gasteiger partial charge in [-0.05, 0) is 20.3 Å². The first-order chi connectivity index (χ1) is 6.15. The van der Waals surface area contributed by atoms with Gasteiger partial charge < -0.3 is 9.47 Å². The van der Waals surface area contributed by atoms with Crippen LogP contribution in [0.3, 0.4) is 0 Å². The fourth-order valence-corrected chi connectivity index (χ4v) is 1.17. The Balaban J connectivity index is 3.85. The maximum Gasteiger partial charge on any atom is 0.0757 e. The number of hydrogen-bond donors (Lipinski definition) is 2. The van der Waals surface area contributed by atoms with E-state index in [4.69, 9.17) is 15.3 Å². The van der Waals surface area contributed by atoms with Crippen molar-refractivity contribution < 1.29 is 9.47 Å². The zero-order valence-corrected chi connectivity index (χ0v) is 9.04. The Labute approximate surface area is 80.7 Å². The van der Waals surface area contributed by atoms with Crippen LogP contribution in [0.15, 0.2) is 0 Å². The van der Waals surface area contributed by atoms with Gasteiger partial charge in [0, 0.05) is 7.11 Å². The number of rotatable bonds is 7. The fraction of sp³-hybridized carbons (Fsp3) is 1.00. The van der Waals surface area contributed by atoms with E-state index in [1.165, 1.54) is 0 Å². The number of methoxy groups -OCH3 is 1. The lowest BCUT2D eigenvalue weighted by Crippen LogP contribution is -2.48. The van der Waals surface area contributed by atoms with Gasteiger partial charge >= 0.3 is 0 Å². The van der Waals surface area contributed by atoms with Crippen LogP contribution in [-0.4, -0.2) is 32.0 Å². The van der Waals surface area contributed by atoms with Crippen molar-refractivity contribution in [3.05, 3.63) is 0 Å². The van der Waals surface area contributed by atoms with Crippen molar-refractivity contribution in [2.75, 3.05) is 13.7 Å². The Morgan fingerprint density at radius 3 is 2.31 bits per heavy atom. The van der Waals surface area contributed by atoms with Crippen LogP contribution in [-0.2, 0) is 9.47 Å². The SMILES string of the molecule is CCC(OC)C(COC(C)C)NN. The van der Waals surface area contributed by atoms with E-state index in [9.17, 15) is 0 Å². The van der Waals surface area contributed by atoms with Crippen molar-refractivity contribution in [1.82, 2.24) is 5.43 Å². The Hall–Kier alpha value is -0.160. The Bertz CT molecular complexity index is 116. The Morgan fingerprint density at radius 2 is 2.00 bits per heavy atom. The standard InChI is InChI=1S/C9H22N2O2/c1-5-9(12-4)8(11-10)6-13-7(2)3/h7-9,11H,5-6,10H2,1-4H3. The molecule has 0 aliphatic rings. The smallest absolute Gasteiger partial charge is 0.0757 e. The third-order valence-electron chi connectivity index (χ3n) is 1.98. The molecule has 2 unspecified atom stereocenters. The van der Waals surface area contributed by atoms with Crippen LogP contribution in [0.1, 0.15) is 27.2 Å². The van der Waals surface area contributed by atoms with Crippen molar-refractivity contribution in [3.63, 3.8) is 0 Å². The first kappa shape index (κ1) is 12.8. The second kappa shape index (κ2) is 7.26. The summed E-state index contributed by atoms with van der Waals surface area (Å²) in [4.78, 5) is 0. The van der Waals surface area contributed by atoms with Crippen LogP contribution < -0.4 is 11.3 Å². The number of hydrogen-bond acceptors (Lipinski definition) is 4. The van der Waals surface area contributed by atoms with E-state index in [0.29, 0.717) is 6.61 Å². The molecule has 0 saturated carbocycles. The van der Waals surface area contributed by atoms with Gasteiger partial charge in [0.25, 0.3) is 0 Å². The monoisotopic (exact) mass is 190 g/mol. The van der Waals surface area contributed by atoms with E-state index in [1.54, 1.807) is 7.11 Å². The lowest BCUT2D eigenvalue weighted by molar-refractivity contribution is 0.000559. The lowest BCUT2D eigenvalue weighted by atomic mass is 10.1. The van der Waals surface area contributed by atoms with Crippen LogP contribution in [0.25, 0.3) is 0 Å². The molecule has 0 rings (SSSR count). The second-order valence-electron chi connectivity index (χ2n) is 3.34. The quantitative estimate of drug-likeness (QED) is 0.457. The minimum Gasteiger partial charge on any atom is -0.380 e. The molecule has 13 heavy (non-hydrogen) atoms. The van der Waals surface area contributed by atoms with Gasteiger partial charge in [0.1, 0.15) is 0 Å². The summed E-state index contributed by atoms with van der Waals surface area (Å²) < 4.78 is 10.7. The second-order valence-corrected chi connectivity index (χ2v) is 3.34. The molecule has 0 heterocycles. The average molecular weight is 190 g/mol.